The number of rotatable bonds is 7. The van der Waals surface area contributed by atoms with Crippen molar-refractivity contribution in [1.29, 1.82) is 0 Å². The standard InChI is InChI=1S/C19H27FN4O3/c1-12(20)6-16-18(25)17(13(2)23-26)7-21-19(16)22-11-24-8-15(9-24)14-4-3-5-27-10-14/h6-7,12,14-15,19,21-22H,2-5,8-11H2,1H3/b16-6-. The Morgan fingerprint density at radius 1 is 1.56 bits per heavy atom. The molecule has 2 fully saturated rings. The first-order valence-corrected chi connectivity index (χ1v) is 9.42. The third kappa shape index (κ3) is 4.69. The van der Waals surface area contributed by atoms with Crippen LogP contribution in [0.4, 0.5) is 4.39 Å². The van der Waals surface area contributed by atoms with Gasteiger partial charge >= 0.3 is 0 Å². The molecular weight excluding hydrogens is 351 g/mol. The number of ether oxygens (including phenoxy) is 1. The predicted molar refractivity (Wildman–Crippen MR) is 100 cm³/mol. The number of Topliss-reactive ketones (excluding diaryl/α,β-unsaturated/α-hetero) is 1. The summed E-state index contributed by atoms with van der Waals surface area (Å²) in [7, 11) is 0. The fourth-order valence-corrected chi connectivity index (χ4v) is 3.86. The quantitative estimate of drug-likeness (QED) is 0.520. The van der Waals surface area contributed by atoms with Gasteiger partial charge in [0.1, 0.15) is 18.0 Å². The van der Waals surface area contributed by atoms with Gasteiger partial charge in [0.2, 0.25) is 0 Å². The highest BCUT2D eigenvalue weighted by Gasteiger charge is 2.35. The molecule has 0 aromatic rings. The fourth-order valence-electron chi connectivity index (χ4n) is 3.86. The van der Waals surface area contributed by atoms with E-state index in [1.165, 1.54) is 25.6 Å². The molecule has 0 aromatic heterocycles. The van der Waals surface area contributed by atoms with Crippen LogP contribution in [-0.2, 0) is 9.53 Å². The lowest BCUT2D eigenvalue weighted by Crippen LogP contribution is -2.57. The minimum absolute atomic E-state index is 0.0660. The summed E-state index contributed by atoms with van der Waals surface area (Å²) in [6.07, 6.45) is 3.24. The van der Waals surface area contributed by atoms with Crippen LogP contribution in [0, 0.1) is 16.7 Å². The molecular formula is C19H27FN4O3. The highest BCUT2D eigenvalue weighted by molar-refractivity contribution is 6.12. The monoisotopic (exact) mass is 378 g/mol. The molecule has 8 heteroatoms. The Kier molecular flexibility index (Phi) is 6.51. The number of carbonyl (C=O) groups is 1. The second-order valence-corrected chi connectivity index (χ2v) is 7.46. The molecule has 2 saturated heterocycles. The number of nitrogens with zero attached hydrogens (tertiary/aromatic N) is 2. The highest BCUT2D eigenvalue weighted by atomic mass is 19.1. The van der Waals surface area contributed by atoms with Crippen LogP contribution >= 0.6 is 0 Å². The number of carbonyl (C=O) groups excluding carboxylic acids is 1. The van der Waals surface area contributed by atoms with Gasteiger partial charge < -0.3 is 10.1 Å². The third-order valence-electron chi connectivity index (χ3n) is 5.41. The van der Waals surface area contributed by atoms with Gasteiger partial charge in [0.05, 0.1) is 5.57 Å². The molecule has 0 saturated carbocycles. The Morgan fingerprint density at radius 3 is 2.96 bits per heavy atom. The second-order valence-electron chi connectivity index (χ2n) is 7.46. The maximum Gasteiger partial charge on any atom is 0.195 e. The fraction of sp³-hybridized carbons (Fsp3) is 0.632. The summed E-state index contributed by atoms with van der Waals surface area (Å²) in [6, 6.07) is 0. The normalized spacial score (nSPS) is 29.6. The van der Waals surface area contributed by atoms with Crippen molar-refractivity contribution in [3.8, 4) is 0 Å². The van der Waals surface area contributed by atoms with Gasteiger partial charge in [-0.3, -0.25) is 15.0 Å². The summed E-state index contributed by atoms with van der Waals surface area (Å²) in [5.74, 6) is 0.864. The summed E-state index contributed by atoms with van der Waals surface area (Å²) in [6.45, 7) is 9.13. The average molecular weight is 378 g/mol. The molecule has 0 spiro atoms. The van der Waals surface area contributed by atoms with Crippen LogP contribution in [0.2, 0.25) is 0 Å². The van der Waals surface area contributed by atoms with Crippen molar-refractivity contribution < 1.29 is 13.9 Å². The molecule has 3 heterocycles. The van der Waals surface area contributed by atoms with Crippen LogP contribution in [0.1, 0.15) is 19.8 Å². The Labute approximate surface area is 158 Å². The molecule has 3 aliphatic heterocycles. The Hall–Kier alpha value is -1.90. The van der Waals surface area contributed by atoms with E-state index in [1.54, 1.807) is 0 Å². The Bertz CT molecular complexity index is 649. The first-order valence-electron chi connectivity index (χ1n) is 9.42. The largest absolute Gasteiger partial charge is 0.381 e. The third-order valence-corrected chi connectivity index (χ3v) is 5.41. The van der Waals surface area contributed by atoms with Gasteiger partial charge in [0.15, 0.2) is 5.78 Å². The number of hydrogen-bond donors (Lipinski definition) is 2. The van der Waals surface area contributed by atoms with E-state index < -0.39 is 18.1 Å². The van der Waals surface area contributed by atoms with Gasteiger partial charge in [-0.2, -0.15) is 0 Å². The summed E-state index contributed by atoms with van der Waals surface area (Å²) in [4.78, 5) is 25.5. The van der Waals surface area contributed by atoms with E-state index in [1.807, 2.05) is 0 Å². The van der Waals surface area contributed by atoms with Gasteiger partial charge in [0.25, 0.3) is 0 Å². The lowest BCUT2D eigenvalue weighted by Gasteiger charge is -2.45. The van der Waals surface area contributed by atoms with Crippen LogP contribution in [0.3, 0.4) is 0 Å². The van der Waals surface area contributed by atoms with Crippen LogP contribution < -0.4 is 10.6 Å². The molecule has 0 radical (unpaired) electrons. The number of alkyl halides is 1. The number of likely N-dealkylation sites (tertiary alicyclic amines) is 1. The van der Waals surface area contributed by atoms with Gasteiger partial charge in [-0.05, 0) is 42.9 Å². The molecule has 3 unspecified atom stereocenters. The summed E-state index contributed by atoms with van der Waals surface area (Å²) in [5, 5.41) is 8.99. The smallest absolute Gasteiger partial charge is 0.195 e. The number of nitroso groups, excluding NO2 is 1. The van der Waals surface area contributed by atoms with Gasteiger partial charge in [-0.25, -0.2) is 4.39 Å². The van der Waals surface area contributed by atoms with Crippen molar-refractivity contribution in [2.24, 2.45) is 17.0 Å². The number of ketones is 1. The zero-order chi connectivity index (χ0) is 19.4. The van der Waals surface area contributed by atoms with Crippen molar-refractivity contribution in [3.63, 3.8) is 0 Å². The SMILES string of the molecule is C=C(N=O)C1=CNC(NCN2CC(C3CCCOC3)C2)/C(=C\C(C)F)C1=O. The van der Waals surface area contributed by atoms with E-state index >= 15 is 0 Å². The minimum atomic E-state index is -1.29. The lowest BCUT2D eigenvalue weighted by atomic mass is 9.82. The topological polar surface area (TPSA) is 83.0 Å². The van der Waals surface area contributed by atoms with Crippen molar-refractivity contribution in [1.82, 2.24) is 15.5 Å². The number of hydrogen-bond acceptors (Lipinski definition) is 7. The summed E-state index contributed by atoms with van der Waals surface area (Å²) in [5.41, 5.74) is 0.143. The average Bonchev–Trinajstić information content (AvgIpc) is 2.63. The van der Waals surface area contributed by atoms with Crippen LogP contribution in [0.5, 0.6) is 0 Å². The Morgan fingerprint density at radius 2 is 2.33 bits per heavy atom. The van der Waals surface area contributed by atoms with Crippen LogP contribution in [0.25, 0.3) is 0 Å². The molecule has 3 rings (SSSR count). The van der Waals surface area contributed by atoms with Crippen molar-refractivity contribution in [2.75, 3.05) is 33.0 Å². The molecule has 3 aliphatic rings. The van der Waals surface area contributed by atoms with E-state index in [0.717, 1.165) is 32.7 Å². The molecule has 0 bridgehead atoms. The van der Waals surface area contributed by atoms with E-state index in [9.17, 15) is 14.1 Å². The second kappa shape index (κ2) is 8.86. The molecule has 7 nitrogen and oxygen atoms in total. The van der Waals surface area contributed by atoms with Crippen LogP contribution in [0.15, 0.2) is 40.9 Å². The molecule has 3 atom stereocenters. The van der Waals surface area contributed by atoms with Gasteiger partial charge in [0, 0.05) is 44.7 Å². The first-order chi connectivity index (χ1) is 13.0. The van der Waals surface area contributed by atoms with E-state index in [2.05, 4.69) is 27.3 Å². The zero-order valence-corrected chi connectivity index (χ0v) is 15.6. The molecule has 27 heavy (non-hydrogen) atoms. The van der Waals surface area contributed by atoms with E-state index in [-0.39, 0.29) is 16.8 Å². The number of allylic oxidation sites excluding steroid dienone is 2. The summed E-state index contributed by atoms with van der Waals surface area (Å²) >= 11 is 0. The van der Waals surface area contributed by atoms with Crippen molar-refractivity contribution in [2.45, 2.75) is 32.1 Å². The molecule has 0 amide bonds. The predicted octanol–water partition coefficient (Wildman–Crippen LogP) is 1.84. The van der Waals surface area contributed by atoms with Crippen molar-refractivity contribution >= 4 is 5.78 Å². The van der Waals surface area contributed by atoms with Crippen molar-refractivity contribution in [3.05, 3.63) is 40.6 Å². The minimum Gasteiger partial charge on any atom is -0.381 e. The van der Waals surface area contributed by atoms with E-state index in [0.29, 0.717) is 18.5 Å². The van der Waals surface area contributed by atoms with Gasteiger partial charge in [-0.15, -0.1) is 4.91 Å². The molecule has 0 aliphatic carbocycles. The highest BCUT2D eigenvalue weighted by Crippen LogP contribution is 2.29. The van der Waals surface area contributed by atoms with Gasteiger partial charge in [-0.1, -0.05) is 6.58 Å². The molecule has 2 N–H and O–H groups in total. The summed E-state index contributed by atoms with van der Waals surface area (Å²) < 4.78 is 19.1. The Balaban J connectivity index is 1.55. The number of halogens is 1. The lowest BCUT2D eigenvalue weighted by molar-refractivity contribution is -0.112. The molecule has 0 aromatic carbocycles. The maximum absolute atomic E-state index is 13.5. The maximum atomic E-state index is 13.5. The molecule has 148 valence electrons. The van der Waals surface area contributed by atoms with E-state index in [4.69, 9.17) is 4.74 Å². The first kappa shape index (κ1) is 19.9. The zero-order valence-electron chi connectivity index (χ0n) is 15.6. The number of nitrogens with one attached hydrogen (secondary N) is 2. The van der Waals surface area contributed by atoms with Crippen LogP contribution in [-0.4, -0.2) is 56.0 Å².